The number of carboxylic acids is 1. The van der Waals surface area contributed by atoms with E-state index in [4.69, 9.17) is 10.8 Å². The lowest BCUT2D eigenvalue weighted by atomic mass is 9.96. The van der Waals surface area contributed by atoms with Gasteiger partial charge in [-0.3, -0.25) is 14.3 Å². The Balaban J connectivity index is 1.87. The number of likely N-dealkylation sites (tertiary alicyclic amines) is 1. The molecule has 0 saturated carbocycles. The molecule has 0 bridgehead atoms. The van der Waals surface area contributed by atoms with Crippen LogP contribution in [0.1, 0.15) is 16.9 Å². The first kappa shape index (κ1) is 12.5. The largest absolute Gasteiger partial charge is 0.481 e. The van der Waals surface area contributed by atoms with E-state index in [9.17, 15) is 9.59 Å². The van der Waals surface area contributed by atoms with Crippen LogP contribution in [0.2, 0.25) is 0 Å². The molecule has 1 aromatic rings. The Morgan fingerprint density at radius 3 is 2.83 bits per heavy atom. The van der Waals surface area contributed by atoms with Crippen LogP contribution in [0.15, 0.2) is 6.20 Å². The molecule has 8 nitrogen and oxygen atoms in total. The van der Waals surface area contributed by atoms with Crippen LogP contribution in [-0.2, 0) is 11.3 Å². The molecule has 18 heavy (non-hydrogen) atoms. The Bertz CT molecular complexity index is 452. The maximum atomic E-state index is 11.9. The van der Waals surface area contributed by atoms with Crippen molar-refractivity contribution < 1.29 is 14.7 Å². The third-order valence-corrected chi connectivity index (χ3v) is 2.82. The minimum Gasteiger partial charge on any atom is -0.481 e. The molecule has 0 unspecified atom stereocenters. The van der Waals surface area contributed by atoms with Gasteiger partial charge in [0.25, 0.3) is 5.91 Å². The van der Waals surface area contributed by atoms with Crippen molar-refractivity contribution in [3.8, 4) is 0 Å². The summed E-state index contributed by atoms with van der Waals surface area (Å²) < 4.78 is 1.52. The summed E-state index contributed by atoms with van der Waals surface area (Å²) in [5, 5.41) is 16.2. The van der Waals surface area contributed by atoms with Gasteiger partial charge in [0.1, 0.15) is 0 Å². The van der Waals surface area contributed by atoms with E-state index in [-0.39, 0.29) is 23.9 Å². The molecule has 1 aromatic heterocycles. The van der Waals surface area contributed by atoms with Crippen LogP contribution < -0.4 is 5.73 Å². The maximum absolute atomic E-state index is 11.9. The smallest absolute Gasteiger partial charge is 0.303 e. The van der Waals surface area contributed by atoms with Gasteiger partial charge in [-0.1, -0.05) is 5.21 Å². The molecule has 98 valence electrons. The minimum absolute atomic E-state index is 0.0468. The second kappa shape index (κ2) is 5.13. The van der Waals surface area contributed by atoms with Crippen LogP contribution in [0.3, 0.4) is 0 Å². The molecule has 2 heterocycles. The highest BCUT2D eigenvalue weighted by atomic mass is 16.4. The highest BCUT2D eigenvalue weighted by Crippen LogP contribution is 2.20. The molecular formula is C10H15N5O3. The zero-order chi connectivity index (χ0) is 13.1. The van der Waals surface area contributed by atoms with E-state index >= 15 is 0 Å². The van der Waals surface area contributed by atoms with Gasteiger partial charge in [0, 0.05) is 25.6 Å². The summed E-state index contributed by atoms with van der Waals surface area (Å²) in [6, 6.07) is 0. The number of amides is 1. The van der Waals surface area contributed by atoms with Crippen molar-refractivity contribution in [1.82, 2.24) is 19.9 Å². The van der Waals surface area contributed by atoms with E-state index in [2.05, 4.69) is 10.3 Å². The Morgan fingerprint density at radius 1 is 1.50 bits per heavy atom. The Morgan fingerprint density at radius 2 is 2.22 bits per heavy atom. The van der Waals surface area contributed by atoms with Gasteiger partial charge in [-0.25, -0.2) is 0 Å². The number of hydrogen-bond donors (Lipinski definition) is 2. The highest BCUT2D eigenvalue weighted by molar-refractivity contribution is 5.92. The lowest BCUT2D eigenvalue weighted by Crippen LogP contribution is -2.50. The molecule has 1 aliphatic rings. The number of aromatic nitrogens is 3. The van der Waals surface area contributed by atoms with Crippen molar-refractivity contribution >= 4 is 11.9 Å². The third-order valence-electron chi connectivity index (χ3n) is 2.82. The van der Waals surface area contributed by atoms with Crippen molar-refractivity contribution in [3.05, 3.63) is 11.9 Å². The number of nitrogens with two attached hydrogens (primary N) is 1. The summed E-state index contributed by atoms with van der Waals surface area (Å²) in [5.74, 6) is -0.994. The van der Waals surface area contributed by atoms with Gasteiger partial charge < -0.3 is 15.7 Å². The van der Waals surface area contributed by atoms with Crippen LogP contribution in [0, 0.1) is 5.92 Å². The average molecular weight is 253 g/mol. The van der Waals surface area contributed by atoms with Crippen LogP contribution in [0.5, 0.6) is 0 Å². The number of nitrogens with zero attached hydrogens (tertiary/aromatic N) is 4. The second-order valence-electron chi connectivity index (χ2n) is 4.33. The Kier molecular flexibility index (Phi) is 3.56. The molecule has 1 amide bonds. The summed E-state index contributed by atoms with van der Waals surface area (Å²) in [7, 11) is 0. The summed E-state index contributed by atoms with van der Waals surface area (Å²) in [5.41, 5.74) is 5.64. The van der Waals surface area contributed by atoms with E-state index in [1.165, 1.54) is 4.68 Å². The fourth-order valence-corrected chi connectivity index (χ4v) is 1.91. The standard InChI is InChI=1S/C10H15N5O3/c11-1-2-15-6-8(12-13-15)10(18)14-4-7(5-14)3-9(16)17/h6-7H,1-5,11H2,(H,16,17). The SMILES string of the molecule is NCCn1cc(C(=O)N2CC(CC(=O)O)C2)nn1. The number of hydrogen-bond acceptors (Lipinski definition) is 5. The van der Waals surface area contributed by atoms with Crippen molar-refractivity contribution in [2.75, 3.05) is 19.6 Å². The molecule has 8 heteroatoms. The predicted molar refractivity (Wildman–Crippen MR) is 60.7 cm³/mol. The van der Waals surface area contributed by atoms with Gasteiger partial charge in [-0.15, -0.1) is 5.10 Å². The normalized spacial score (nSPS) is 15.5. The quantitative estimate of drug-likeness (QED) is 0.680. The van der Waals surface area contributed by atoms with Crippen LogP contribution in [0.25, 0.3) is 0 Å². The van der Waals surface area contributed by atoms with E-state index in [0.29, 0.717) is 26.2 Å². The lowest BCUT2D eigenvalue weighted by Gasteiger charge is -2.37. The molecule has 0 atom stereocenters. The molecule has 0 radical (unpaired) electrons. The monoisotopic (exact) mass is 253 g/mol. The third kappa shape index (κ3) is 2.65. The van der Waals surface area contributed by atoms with Gasteiger partial charge in [-0.2, -0.15) is 0 Å². The second-order valence-corrected chi connectivity index (χ2v) is 4.33. The molecule has 1 fully saturated rings. The molecule has 2 rings (SSSR count). The molecule has 1 saturated heterocycles. The molecule has 0 aliphatic carbocycles. The van der Waals surface area contributed by atoms with Crippen LogP contribution in [0.4, 0.5) is 0 Å². The lowest BCUT2D eigenvalue weighted by molar-refractivity contribution is -0.139. The molecule has 0 aromatic carbocycles. The number of rotatable bonds is 5. The maximum Gasteiger partial charge on any atom is 0.303 e. The topological polar surface area (TPSA) is 114 Å². The van der Waals surface area contributed by atoms with E-state index in [1.54, 1.807) is 11.1 Å². The van der Waals surface area contributed by atoms with Gasteiger partial charge in [-0.05, 0) is 0 Å². The van der Waals surface area contributed by atoms with Gasteiger partial charge in [0.15, 0.2) is 5.69 Å². The number of carbonyl (C=O) groups is 2. The summed E-state index contributed by atoms with van der Waals surface area (Å²) in [6.45, 7) is 1.88. The average Bonchev–Trinajstić information content (AvgIpc) is 2.71. The summed E-state index contributed by atoms with van der Waals surface area (Å²) >= 11 is 0. The Hall–Kier alpha value is -1.96. The van der Waals surface area contributed by atoms with Gasteiger partial charge in [0.2, 0.25) is 0 Å². The van der Waals surface area contributed by atoms with Crippen LogP contribution >= 0.6 is 0 Å². The molecule has 1 aliphatic heterocycles. The molecule has 3 N–H and O–H groups in total. The van der Waals surface area contributed by atoms with E-state index < -0.39 is 5.97 Å². The van der Waals surface area contributed by atoms with Crippen molar-refractivity contribution in [2.45, 2.75) is 13.0 Å². The predicted octanol–water partition coefficient (Wildman–Crippen LogP) is -1.22. The van der Waals surface area contributed by atoms with Crippen LogP contribution in [-0.4, -0.2) is 56.5 Å². The first-order valence-electron chi connectivity index (χ1n) is 5.71. The van der Waals surface area contributed by atoms with Gasteiger partial charge >= 0.3 is 5.97 Å². The van der Waals surface area contributed by atoms with Crippen molar-refractivity contribution in [2.24, 2.45) is 11.7 Å². The minimum atomic E-state index is -0.832. The fraction of sp³-hybridized carbons (Fsp3) is 0.600. The summed E-state index contributed by atoms with van der Waals surface area (Å²) in [4.78, 5) is 24.0. The van der Waals surface area contributed by atoms with Gasteiger partial charge in [0.05, 0.1) is 19.2 Å². The Labute approximate surface area is 103 Å². The zero-order valence-electron chi connectivity index (χ0n) is 9.82. The molecule has 0 spiro atoms. The van der Waals surface area contributed by atoms with E-state index in [1.807, 2.05) is 0 Å². The number of carbonyl (C=O) groups excluding carboxylic acids is 1. The number of aliphatic carboxylic acids is 1. The first-order valence-corrected chi connectivity index (χ1v) is 5.71. The van der Waals surface area contributed by atoms with Crippen molar-refractivity contribution in [1.29, 1.82) is 0 Å². The fourth-order valence-electron chi connectivity index (χ4n) is 1.91. The van der Waals surface area contributed by atoms with Crippen molar-refractivity contribution in [3.63, 3.8) is 0 Å². The zero-order valence-corrected chi connectivity index (χ0v) is 9.82. The summed E-state index contributed by atoms with van der Waals surface area (Å²) in [6.07, 6.45) is 1.66. The highest BCUT2D eigenvalue weighted by Gasteiger charge is 2.33. The number of carboxylic acid groups (broad SMARTS) is 1. The first-order chi connectivity index (χ1) is 8.60. The molecular weight excluding hydrogens is 238 g/mol. The van der Waals surface area contributed by atoms with E-state index in [0.717, 1.165) is 0 Å².